The maximum atomic E-state index is 13.3. The number of hydrogen-bond acceptors (Lipinski definition) is 8. The summed E-state index contributed by atoms with van der Waals surface area (Å²) < 4.78 is 41.7. The van der Waals surface area contributed by atoms with Crippen LogP contribution in [0.25, 0.3) is 5.69 Å². The molecule has 13 heteroatoms. The number of carbonyl (C=O) groups is 1. The normalized spacial score (nSPS) is 16.0. The van der Waals surface area contributed by atoms with Gasteiger partial charge in [0.15, 0.2) is 5.69 Å². The molecule has 0 bridgehead atoms. The van der Waals surface area contributed by atoms with Crippen molar-refractivity contribution in [1.29, 1.82) is 0 Å². The third-order valence-electron chi connectivity index (χ3n) is 6.10. The smallest absolute Gasteiger partial charge is 0.274 e. The maximum Gasteiger partial charge on any atom is 0.274 e. The molecule has 0 unspecified atom stereocenters. The van der Waals surface area contributed by atoms with Gasteiger partial charge in [-0.1, -0.05) is 18.2 Å². The summed E-state index contributed by atoms with van der Waals surface area (Å²) in [6, 6.07) is 12.1. The molecular weight excluding hydrogens is 502 g/mol. The van der Waals surface area contributed by atoms with Crippen LogP contribution in [0.2, 0.25) is 0 Å². The number of nitro groups is 1. The molecule has 37 heavy (non-hydrogen) atoms. The Labute approximate surface area is 213 Å². The largest absolute Gasteiger partial charge is 0.437 e. The molecule has 1 aromatic heterocycles. The SMILES string of the molecule is Cc1c(C(=O)N2CCOCC2)nn(-c2ccccc2)c1Oc1ccc([N+](=O)[O-])cc1S(=O)(=O)NC1CC1. The number of ether oxygens (including phenoxy) is 2. The van der Waals surface area contributed by atoms with E-state index in [0.717, 1.165) is 6.07 Å². The van der Waals surface area contributed by atoms with Crippen LogP contribution in [0, 0.1) is 17.0 Å². The molecule has 1 aliphatic carbocycles. The van der Waals surface area contributed by atoms with Crippen molar-refractivity contribution >= 4 is 21.6 Å². The van der Waals surface area contributed by atoms with E-state index in [-0.39, 0.29) is 39.9 Å². The molecule has 1 aliphatic heterocycles. The summed E-state index contributed by atoms with van der Waals surface area (Å²) in [4.78, 5) is 25.3. The zero-order valence-corrected chi connectivity index (χ0v) is 20.8. The van der Waals surface area contributed by atoms with Gasteiger partial charge >= 0.3 is 0 Å². The van der Waals surface area contributed by atoms with Crippen molar-refractivity contribution in [3.63, 3.8) is 0 Å². The van der Waals surface area contributed by atoms with Crippen LogP contribution in [0.15, 0.2) is 53.4 Å². The summed E-state index contributed by atoms with van der Waals surface area (Å²) in [7, 11) is -4.12. The van der Waals surface area contributed by atoms with Crippen molar-refractivity contribution in [2.45, 2.75) is 30.7 Å². The standard InChI is InChI=1S/C24H25N5O7S/c1-16-22(23(30)27-11-13-35-14-12-27)25-28(18-5-3-2-4-6-18)24(16)36-20-10-9-19(29(31)32)15-21(20)37(33,34)26-17-7-8-17/h2-6,9-10,15,17,26H,7-8,11-14H2,1H3. The molecule has 1 N–H and O–H groups in total. The van der Waals surface area contributed by atoms with Crippen LogP contribution in [-0.4, -0.2) is 66.3 Å². The average molecular weight is 528 g/mol. The molecule has 2 aromatic carbocycles. The first-order chi connectivity index (χ1) is 17.7. The van der Waals surface area contributed by atoms with Crippen LogP contribution in [-0.2, 0) is 14.8 Å². The fourth-order valence-electron chi connectivity index (χ4n) is 3.96. The third kappa shape index (κ3) is 5.19. The van der Waals surface area contributed by atoms with Crippen molar-refractivity contribution in [3.05, 3.63) is 69.9 Å². The number of benzene rings is 2. The van der Waals surface area contributed by atoms with Gasteiger partial charge in [0.25, 0.3) is 11.6 Å². The molecule has 2 heterocycles. The summed E-state index contributed by atoms with van der Waals surface area (Å²) in [6.45, 7) is 3.35. The van der Waals surface area contributed by atoms with Crippen molar-refractivity contribution in [2.24, 2.45) is 0 Å². The second-order valence-electron chi connectivity index (χ2n) is 8.82. The van der Waals surface area contributed by atoms with E-state index in [1.807, 2.05) is 6.07 Å². The molecule has 194 valence electrons. The number of para-hydroxylation sites is 1. The highest BCUT2D eigenvalue weighted by atomic mass is 32.2. The van der Waals surface area contributed by atoms with Crippen molar-refractivity contribution in [3.8, 4) is 17.3 Å². The minimum absolute atomic E-state index is 0.121. The fraction of sp³-hybridized carbons (Fsp3) is 0.333. The van der Waals surface area contributed by atoms with Gasteiger partial charge in [0.1, 0.15) is 10.6 Å². The number of hydrogen-bond donors (Lipinski definition) is 1. The number of morpholine rings is 1. The first-order valence-electron chi connectivity index (χ1n) is 11.8. The van der Waals surface area contributed by atoms with Crippen LogP contribution in [0.5, 0.6) is 11.6 Å². The van der Waals surface area contributed by atoms with E-state index in [9.17, 15) is 23.3 Å². The Morgan fingerprint density at radius 1 is 1.16 bits per heavy atom. The van der Waals surface area contributed by atoms with Gasteiger partial charge in [-0.15, -0.1) is 0 Å². The number of sulfonamides is 1. The lowest BCUT2D eigenvalue weighted by atomic mass is 10.2. The summed E-state index contributed by atoms with van der Waals surface area (Å²) in [5, 5.41) is 15.9. The Morgan fingerprint density at radius 3 is 2.51 bits per heavy atom. The van der Waals surface area contributed by atoms with E-state index in [1.54, 1.807) is 36.1 Å². The Hall–Kier alpha value is -3.81. The molecule has 0 atom stereocenters. The van der Waals surface area contributed by atoms with E-state index >= 15 is 0 Å². The van der Waals surface area contributed by atoms with Gasteiger partial charge in [0.2, 0.25) is 15.9 Å². The first-order valence-corrected chi connectivity index (χ1v) is 13.2. The van der Waals surface area contributed by atoms with Gasteiger partial charge in [-0.25, -0.2) is 13.1 Å². The molecule has 0 spiro atoms. The highest BCUT2D eigenvalue weighted by Gasteiger charge is 2.33. The quantitative estimate of drug-likeness (QED) is 0.348. The topological polar surface area (TPSA) is 146 Å². The predicted octanol–water partition coefficient (Wildman–Crippen LogP) is 2.79. The molecule has 5 rings (SSSR count). The van der Waals surface area contributed by atoms with Crippen molar-refractivity contribution in [1.82, 2.24) is 19.4 Å². The highest BCUT2D eigenvalue weighted by molar-refractivity contribution is 7.89. The number of nitro benzene ring substituents is 1. The molecule has 0 radical (unpaired) electrons. The predicted molar refractivity (Wildman–Crippen MR) is 132 cm³/mol. The molecule has 2 fully saturated rings. The van der Waals surface area contributed by atoms with Gasteiger partial charge in [-0.2, -0.15) is 9.78 Å². The van der Waals surface area contributed by atoms with Crippen LogP contribution < -0.4 is 9.46 Å². The van der Waals surface area contributed by atoms with E-state index in [1.165, 1.54) is 16.8 Å². The Morgan fingerprint density at radius 2 is 1.86 bits per heavy atom. The van der Waals surface area contributed by atoms with Crippen LogP contribution in [0.1, 0.15) is 28.9 Å². The summed E-state index contributed by atoms with van der Waals surface area (Å²) in [5.74, 6) is -0.295. The molecular formula is C24H25N5O7S. The monoisotopic (exact) mass is 527 g/mol. The van der Waals surface area contributed by atoms with Crippen LogP contribution >= 0.6 is 0 Å². The van der Waals surface area contributed by atoms with E-state index in [2.05, 4.69) is 9.82 Å². The fourth-order valence-corrected chi connectivity index (χ4v) is 5.41. The van der Waals surface area contributed by atoms with Gasteiger partial charge in [0.05, 0.1) is 23.8 Å². The number of nitrogens with zero attached hydrogens (tertiary/aromatic N) is 4. The summed E-state index contributed by atoms with van der Waals surface area (Å²) >= 11 is 0. The summed E-state index contributed by atoms with van der Waals surface area (Å²) in [6.07, 6.45) is 1.38. The third-order valence-corrected chi connectivity index (χ3v) is 7.65. The molecule has 12 nitrogen and oxygen atoms in total. The zero-order valence-electron chi connectivity index (χ0n) is 20.0. The van der Waals surface area contributed by atoms with Gasteiger partial charge in [-0.3, -0.25) is 14.9 Å². The second kappa shape index (κ2) is 9.92. The number of aromatic nitrogens is 2. The Balaban J connectivity index is 1.60. The van der Waals surface area contributed by atoms with Crippen molar-refractivity contribution < 1.29 is 27.6 Å². The van der Waals surface area contributed by atoms with E-state index < -0.39 is 14.9 Å². The van der Waals surface area contributed by atoms with Crippen molar-refractivity contribution in [2.75, 3.05) is 26.3 Å². The lowest BCUT2D eigenvalue weighted by Crippen LogP contribution is -2.41. The first kappa shape index (κ1) is 24.9. The minimum atomic E-state index is -4.12. The number of amides is 1. The number of nitrogens with one attached hydrogen (secondary N) is 1. The Kier molecular flexibility index (Phi) is 6.67. The molecule has 1 saturated carbocycles. The van der Waals surface area contributed by atoms with E-state index in [4.69, 9.17) is 9.47 Å². The highest BCUT2D eigenvalue weighted by Crippen LogP contribution is 2.36. The van der Waals surface area contributed by atoms with Gasteiger partial charge < -0.3 is 14.4 Å². The summed E-state index contributed by atoms with van der Waals surface area (Å²) in [5.41, 5.74) is 0.754. The second-order valence-corrected chi connectivity index (χ2v) is 10.5. The van der Waals surface area contributed by atoms with Crippen LogP contribution in [0.4, 0.5) is 5.69 Å². The van der Waals surface area contributed by atoms with Crippen LogP contribution in [0.3, 0.4) is 0 Å². The minimum Gasteiger partial charge on any atom is -0.437 e. The maximum absolute atomic E-state index is 13.3. The number of carbonyl (C=O) groups excluding carboxylic acids is 1. The number of non-ortho nitro benzene ring substituents is 1. The lowest BCUT2D eigenvalue weighted by Gasteiger charge is -2.26. The average Bonchev–Trinajstić information content (AvgIpc) is 3.65. The zero-order chi connectivity index (χ0) is 26.2. The molecule has 2 aliphatic rings. The van der Waals surface area contributed by atoms with Gasteiger partial charge in [-0.05, 0) is 38.0 Å². The number of rotatable bonds is 8. The van der Waals surface area contributed by atoms with E-state index in [0.29, 0.717) is 50.4 Å². The Bertz CT molecular complexity index is 1450. The van der Waals surface area contributed by atoms with Gasteiger partial charge in [0, 0.05) is 36.8 Å². The molecule has 1 saturated heterocycles. The lowest BCUT2D eigenvalue weighted by molar-refractivity contribution is -0.385. The molecule has 1 amide bonds. The molecule has 3 aromatic rings.